The molecule has 2 aromatic carbocycles. The van der Waals surface area contributed by atoms with Crippen molar-refractivity contribution >= 4 is 40.3 Å². The number of hydrogen-bond donors (Lipinski definition) is 2. The van der Waals surface area contributed by atoms with Crippen molar-refractivity contribution in [1.82, 2.24) is 14.5 Å². The molecule has 0 radical (unpaired) electrons. The smallest absolute Gasteiger partial charge is 0.342 e. The minimum absolute atomic E-state index is 0.164. The molecule has 4 aromatic rings. The van der Waals surface area contributed by atoms with Gasteiger partial charge in [0.05, 0.1) is 4.92 Å². The molecule has 0 bridgehead atoms. The Morgan fingerprint density at radius 2 is 1.77 bits per heavy atom. The standard InChI is InChI=1S/C21H15ClN4O4/c22-15-8-5-13(6-9-15)11-25-12-14(16-3-1-2-4-18(16)25)7-10-17-19(26(29)30)20(27)24-21(28)23-17/h1-10,12H,11H2,(H2,23,24,27,28)/b10-7+. The molecule has 0 fully saturated rings. The number of fused-ring (bicyclic) bond motifs is 1. The first-order valence-electron chi connectivity index (χ1n) is 8.94. The van der Waals surface area contributed by atoms with Crippen molar-refractivity contribution in [3.8, 4) is 0 Å². The van der Waals surface area contributed by atoms with Crippen LogP contribution in [0.2, 0.25) is 5.02 Å². The molecule has 9 heteroatoms. The van der Waals surface area contributed by atoms with Gasteiger partial charge in [-0.2, -0.15) is 0 Å². The maximum atomic E-state index is 11.8. The van der Waals surface area contributed by atoms with Gasteiger partial charge in [0.25, 0.3) is 0 Å². The van der Waals surface area contributed by atoms with E-state index in [0.717, 1.165) is 22.0 Å². The lowest BCUT2D eigenvalue weighted by atomic mass is 10.1. The second-order valence-electron chi connectivity index (χ2n) is 6.62. The first-order chi connectivity index (χ1) is 14.4. The number of nitro groups is 1. The summed E-state index contributed by atoms with van der Waals surface area (Å²) < 4.78 is 2.05. The number of aromatic nitrogens is 3. The van der Waals surface area contributed by atoms with Crippen LogP contribution in [0.3, 0.4) is 0 Å². The molecule has 2 aromatic heterocycles. The minimum Gasteiger partial charge on any atom is -0.342 e. The van der Waals surface area contributed by atoms with E-state index in [4.69, 9.17) is 11.6 Å². The van der Waals surface area contributed by atoms with Crippen LogP contribution in [-0.2, 0) is 6.54 Å². The van der Waals surface area contributed by atoms with E-state index in [2.05, 4.69) is 4.98 Å². The molecule has 0 aliphatic heterocycles. The molecular formula is C21H15ClN4O4. The molecule has 0 saturated heterocycles. The van der Waals surface area contributed by atoms with Gasteiger partial charge in [-0.05, 0) is 29.8 Å². The van der Waals surface area contributed by atoms with Crippen molar-refractivity contribution in [1.29, 1.82) is 0 Å². The van der Waals surface area contributed by atoms with Crippen LogP contribution in [0.1, 0.15) is 16.8 Å². The number of para-hydroxylation sites is 1. The topological polar surface area (TPSA) is 114 Å². The molecule has 4 rings (SSSR count). The van der Waals surface area contributed by atoms with Gasteiger partial charge in [-0.15, -0.1) is 0 Å². The van der Waals surface area contributed by atoms with Gasteiger partial charge in [-0.25, -0.2) is 4.79 Å². The van der Waals surface area contributed by atoms with Gasteiger partial charge >= 0.3 is 16.9 Å². The Morgan fingerprint density at radius 3 is 2.50 bits per heavy atom. The largest absolute Gasteiger partial charge is 0.357 e. The Hall–Kier alpha value is -3.91. The highest BCUT2D eigenvalue weighted by Crippen LogP contribution is 2.25. The fraction of sp³-hybridized carbons (Fsp3) is 0.0476. The second-order valence-corrected chi connectivity index (χ2v) is 7.05. The maximum Gasteiger partial charge on any atom is 0.357 e. The molecular weight excluding hydrogens is 408 g/mol. The third-order valence-electron chi connectivity index (χ3n) is 4.64. The monoisotopic (exact) mass is 422 g/mol. The molecule has 0 atom stereocenters. The van der Waals surface area contributed by atoms with E-state index >= 15 is 0 Å². The molecule has 8 nitrogen and oxygen atoms in total. The predicted octanol–water partition coefficient (Wildman–Crippen LogP) is 3.80. The van der Waals surface area contributed by atoms with E-state index in [1.54, 1.807) is 6.08 Å². The number of rotatable bonds is 5. The molecule has 2 heterocycles. The molecule has 0 amide bonds. The highest BCUT2D eigenvalue weighted by molar-refractivity contribution is 6.30. The second kappa shape index (κ2) is 7.84. The van der Waals surface area contributed by atoms with Crippen molar-refractivity contribution in [2.24, 2.45) is 0 Å². The Morgan fingerprint density at radius 1 is 1.03 bits per heavy atom. The first-order valence-corrected chi connectivity index (χ1v) is 9.31. The summed E-state index contributed by atoms with van der Waals surface area (Å²) in [7, 11) is 0. The summed E-state index contributed by atoms with van der Waals surface area (Å²) in [6.45, 7) is 0.605. The van der Waals surface area contributed by atoms with Gasteiger partial charge in [-0.3, -0.25) is 19.9 Å². The van der Waals surface area contributed by atoms with Crippen molar-refractivity contribution in [2.45, 2.75) is 6.54 Å². The Balaban J connectivity index is 1.78. The third kappa shape index (κ3) is 3.81. The van der Waals surface area contributed by atoms with Gasteiger partial charge in [0, 0.05) is 34.2 Å². The number of aromatic amines is 2. The number of H-pyrrole nitrogens is 2. The lowest BCUT2D eigenvalue weighted by molar-refractivity contribution is -0.386. The lowest BCUT2D eigenvalue weighted by Gasteiger charge is -2.05. The van der Waals surface area contributed by atoms with Gasteiger partial charge in [-0.1, -0.05) is 48.0 Å². The van der Waals surface area contributed by atoms with E-state index in [1.807, 2.05) is 64.3 Å². The quantitative estimate of drug-likeness (QED) is 0.376. The van der Waals surface area contributed by atoms with Gasteiger partial charge in [0.1, 0.15) is 5.69 Å². The molecule has 30 heavy (non-hydrogen) atoms. The summed E-state index contributed by atoms with van der Waals surface area (Å²) in [4.78, 5) is 37.9. The SMILES string of the molecule is O=c1[nH]c(/C=C/c2cn(Cc3ccc(Cl)cc3)c3ccccc23)c([N+](=O)[O-])c(=O)[nH]1. The molecule has 0 saturated carbocycles. The first kappa shape index (κ1) is 19.4. The lowest BCUT2D eigenvalue weighted by Crippen LogP contribution is -2.25. The fourth-order valence-electron chi connectivity index (χ4n) is 3.30. The van der Waals surface area contributed by atoms with Crippen LogP contribution in [0.15, 0.2) is 64.3 Å². The Bertz CT molecular complexity index is 1400. The average Bonchev–Trinajstić information content (AvgIpc) is 3.05. The summed E-state index contributed by atoms with van der Waals surface area (Å²) in [6.07, 6.45) is 4.91. The van der Waals surface area contributed by atoms with Crippen molar-refractivity contribution in [2.75, 3.05) is 0 Å². The van der Waals surface area contributed by atoms with E-state index in [9.17, 15) is 19.7 Å². The zero-order chi connectivity index (χ0) is 21.3. The van der Waals surface area contributed by atoms with Crippen LogP contribution in [-0.4, -0.2) is 19.5 Å². The number of hydrogen-bond acceptors (Lipinski definition) is 4. The van der Waals surface area contributed by atoms with E-state index in [-0.39, 0.29) is 5.69 Å². The number of nitrogens with zero attached hydrogens (tertiary/aromatic N) is 2. The van der Waals surface area contributed by atoms with Crippen LogP contribution in [0.4, 0.5) is 5.69 Å². The zero-order valence-corrected chi connectivity index (χ0v) is 16.2. The third-order valence-corrected chi connectivity index (χ3v) is 4.90. The number of benzene rings is 2. The van der Waals surface area contributed by atoms with Crippen molar-refractivity contribution in [3.05, 3.63) is 108 Å². The molecule has 0 unspecified atom stereocenters. The molecule has 0 aliphatic carbocycles. The fourth-order valence-corrected chi connectivity index (χ4v) is 3.42. The molecule has 0 aliphatic rings. The van der Waals surface area contributed by atoms with Crippen LogP contribution in [0, 0.1) is 10.1 Å². The van der Waals surface area contributed by atoms with E-state index in [0.29, 0.717) is 11.6 Å². The van der Waals surface area contributed by atoms with Crippen molar-refractivity contribution in [3.63, 3.8) is 0 Å². The number of halogens is 1. The van der Waals surface area contributed by atoms with Gasteiger partial charge < -0.3 is 9.55 Å². The summed E-state index contributed by atoms with van der Waals surface area (Å²) in [5.41, 5.74) is 0.0873. The van der Waals surface area contributed by atoms with Crippen LogP contribution < -0.4 is 11.2 Å². The molecule has 2 N–H and O–H groups in total. The Labute approximate surface area is 174 Å². The van der Waals surface area contributed by atoms with Crippen LogP contribution in [0.5, 0.6) is 0 Å². The summed E-state index contributed by atoms with van der Waals surface area (Å²) >= 11 is 5.96. The molecule has 150 valence electrons. The highest BCUT2D eigenvalue weighted by atomic mass is 35.5. The minimum atomic E-state index is -1.05. The number of nitrogens with one attached hydrogen (secondary N) is 2. The van der Waals surface area contributed by atoms with Crippen LogP contribution >= 0.6 is 11.6 Å². The predicted molar refractivity (Wildman–Crippen MR) is 116 cm³/mol. The molecule has 0 spiro atoms. The van der Waals surface area contributed by atoms with Gasteiger partial charge in [0.15, 0.2) is 0 Å². The van der Waals surface area contributed by atoms with E-state index < -0.39 is 21.9 Å². The zero-order valence-electron chi connectivity index (χ0n) is 15.5. The summed E-state index contributed by atoms with van der Waals surface area (Å²) in [6, 6.07) is 15.3. The van der Waals surface area contributed by atoms with Crippen LogP contribution in [0.25, 0.3) is 23.1 Å². The Kier molecular flexibility index (Phi) is 5.07. The normalized spacial score (nSPS) is 11.4. The van der Waals surface area contributed by atoms with Crippen molar-refractivity contribution < 1.29 is 4.92 Å². The highest BCUT2D eigenvalue weighted by Gasteiger charge is 2.19. The maximum absolute atomic E-state index is 11.8. The summed E-state index contributed by atoms with van der Waals surface area (Å²) in [5, 5.41) is 12.8. The van der Waals surface area contributed by atoms with Gasteiger partial charge in [0.2, 0.25) is 0 Å². The summed E-state index contributed by atoms with van der Waals surface area (Å²) in [5.74, 6) is 0. The average molecular weight is 423 g/mol. The van der Waals surface area contributed by atoms with E-state index in [1.165, 1.54) is 6.08 Å².